The highest BCUT2D eigenvalue weighted by Gasteiger charge is 2.35. The van der Waals surface area contributed by atoms with Crippen LogP contribution in [0.2, 0.25) is 10.0 Å². The molecule has 188 valence electrons. The number of amides is 2. The van der Waals surface area contributed by atoms with Crippen molar-refractivity contribution in [3.8, 4) is 0 Å². The van der Waals surface area contributed by atoms with E-state index in [0.29, 0.717) is 35.2 Å². The minimum absolute atomic E-state index is 0.0172. The molecular weight excluding hydrogens is 520 g/mol. The van der Waals surface area contributed by atoms with Gasteiger partial charge in [-0.25, -0.2) is 4.39 Å². The maximum absolute atomic E-state index is 14.1. The number of hydrogen-bond donors (Lipinski definition) is 0. The first kappa shape index (κ1) is 25.2. The van der Waals surface area contributed by atoms with Gasteiger partial charge in [0.05, 0.1) is 22.6 Å². The summed E-state index contributed by atoms with van der Waals surface area (Å²) in [5.41, 5.74) is 2.48. The van der Waals surface area contributed by atoms with Crippen molar-refractivity contribution in [2.45, 2.75) is 25.4 Å². The lowest BCUT2D eigenvalue weighted by Gasteiger charge is -2.42. The first-order valence-electron chi connectivity index (χ1n) is 11.9. The first-order valence-corrected chi connectivity index (χ1v) is 13.5. The Labute approximate surface area is 224 Å². The number of carbonyl (C=O) groups is 2. The quantitative estimate of drug-likeness (QED) is 0.433. The predicted molar refractivity (Wildman–Crippen MR) is 141 cm³/mol. The summed E-state index contributed by atoms with van der Waals surface area (Å²) in [7, 11) is 0. The van der Waals surface area contributed by atoms with Crippen LogP contribution in [0.15, 0.2) is 53.9 Å². The van der Waals surface area contributed by atoms with E-state index in [2.05, 4.69) is 16.3 Å². The SMILES string of the molecule is C[C@H]1CN(C(=O)CN2CCc3sccc3[C@H]2c2cccc(F)c2)CCN1C(=O)c1ccc(Cl)c(Cl)c1. The molecule has 9 heteroatoms. The molecule has 3 heterocycles. The molecule has 36 heavy (non-hydrogen) atoms. The summed E-state index contributed by atoms with van der Waals surface area (Å²) in [6.45, 7) is 4.26. The Balaban J connectivity index is 1.28. The van der Waals surface area contributed by atoms with Gasteiger partial charge in [0.2, 0.25) is 5.91 Å². The number of nitrogens with zero attached hydrogens (tertiary/aromatic N) is 3. The van der Waals surface area contributed by atoms with E-state index in [1.807, 2.05) is 17.9 Å². The summed E-state index contributed by atoms with van der Waals surface area (Å²) in [5, 5.41) is 2.81. The fourth-order valence-corrected chi connectivity index (χ4v) is 6.36. The molecule has 1 fully saturated rings. The molecule has 1 saturated heterocycles. The van der Waals surface area contributed by atoms with Crippen LogP contribution in [0.3, 0.4) is 0 Å². The lowest BCUT2D eigenvalue weighted by Crippen LogP contribution is -2.57. The van der Waals surface area contributed by atoms with E-state index in [-0.39, 0.29) is 36.3 Å². The lowest BCUT2D eigenvalue weighted by atomic mass is 9.93. The molecule has 2 aliphatic heterocycles. The van der Waals surface area contributed by atoms with Gasteiger partial charge in [-0.15, -0.1) is 11.3 Å². The Morgan fingerprint density at radius 1 is 1.06 bits per heavy atom. The number of benzene rings is 2. The standard InChI is InChI=1S/C27H26Cl2FN3O2S/c1-17-15-31(10-11-33(17)27(35)19-5-6-22(28)23(29)14-19)25(34)16-32-9-7-24-21(8-12-36-24)26(32)18-3-2-4-20(30)13-18/h2-6,8,12-14,17,26H,7,9-11,15-16H2,1H3/t17-,26+/m0/s1. The summed E-state index contributed by atoms with van der Waals surface area (Å²) in [5.74, 6) is -0.387. The monoisotopic (exact) mass is 545 g/mol. The van der Waals surface area contributed by atoms with Crippen molar-refractivity contribution in [2.24, 2.45) is 0 Å². The number of carbonyl (C=O) groups excluding carboxylic acids is 2. The molecule has 0 saturated carbocycles. The third kappa shape index (κ3) is 5.02. The molecule has 0 unspecified atom stereocenters. The minimum Gasteiger partial charge on any atom is -0.338 e. The van der Waals surface area contributed by atoms with Crippen LogP contribution in [0.4, 0.5) is 4.39 Å². The Morgan fingerprint density at radius 3 is 2.64 bits per heavy atom. The number of piperazine rings is 1. The van der Waals surface area contributed by atoms with Crippen LogP contribution >= 0.6 is 34.5 Å². The molecule has 0 bridgehead atoms. The number of halogens is 3. The maximum Gasteiger partial charge on any atom is 0.254 e. The average Bonchev–Trinajstić information content (AvgIpc) is 3.34. The zero-order valence-electron chi connectivity index (χ0n) is 19.8. The molecule has 2 atom stereocenters. The van der Waals surface area contributed by atoms with Crippen LogP contribution in [0.25, 0.3) is 0 Å². The Hall–Kier alpha value is -2.45. The van der Waals surface area contributed by atoms with Crippen molar-refractivity contribution in [3.05, 3.63) is 91.3 Å². The molecule has 5 nitrogen and oxygen atoms in total. The molecule has 5 rings (SSSR count). The Bertz CT molecular complexity index is 1300. The summed E-state index contributed by atoms with van der Waals surface area (Å²) < 4.78 is 14.1. The summed E-state index contributed by atoms with van der Waals surface area (Å²) in [6.07, 6.45) is 0.869. The summed E-state index contributed by atoms with van der Waals surface area (Å²) in [4.78, 5) is 33.5. The van der Waals surface area contributed by atoms with E-state index < -0.39 is 0 Å². The highest BCUT2D eigenvalue weighted by molar-refractivity contribution is 7.10. The van der Waals surface area contributed by atoms with Crippen molar-refractivity contribution in [2.75, 3.05) is 32.7 Å². The molecule has 1 aromatic heterocycles. The smallest absolute Gasteiger partial charge is 0.254 e. The highest BCUT2D eigenvalue weighted by atomic mass is 35.5. The second-order valence-electron chi connectivity index (χ2n) is 9.29. The maximum atomic E-state index is 14.1. The Kier molecular flexibility index (Phi) is 7.35. The van der Waals surface area contributed by atoms with E-state index in [1.165, 1.54) is 10.9 Å². The zero-order chi connectivity index (χ0) is 25.4. The fraction of sp³-hybridized carbons (Fsp3) is 0.333. The first-order chi connectivity index (χ1) is 17.3. The fourth-order valence-electron chi connectivity index (χ4n) is 5.16. The molecule has 0 aliphatic carbocycles. The molecule has 2 amide bonds. The Morgan fingerprint density at radius 2 is 1.89 bits per heavy atom. The van der Waals surface area contributed by atoms with Gasteiger partial charge >= 0.3 is 0 Å². The van der Waals surface area contributed by atoms with Gasteiger partial charge in [0.25, 0.3) is 5.91 Å². The molecule has 0 N–H and O–H groups in total. The van der Waals surface area contributed by atoms with Gasteiger partial charge < -0.3 is 9.80 Å². The third-order valence-electron chi connectivity index (χ3n) is 6.98. The molecule has 2 aliphatic rings. The van der Waals surface area contributed by atoms with E-state index in [4.69, 9.17) is 23.2 Å². The number of hydrogen-bond acceptors (Lipinski definition) is 4. The van der Waals surface area contributed by atoms with Crippen LogP contribution in [-0.2, 0) is 11.2 Å². The van der Waals surface area contributed by atoms with E-state index in [1.54, 1.807) is 46.6 Å². The van der Waals surface area contributed by atoms with Crippen LogP contribution in [0.5, 0.6) is 0 Å². The molecular formula is C27H26Cl2FN3O2S. The van der Waals surface area contributed by atoms with Crippen LogP contribution in [0.1, 0.15) is 39.3 Å². The van der Waals surface area contributed by atoms with E-state index >= 15 is 0 Å². The van der Waals surface area contributed by atoms with Crippen LogP contribution in [0, 0.1) is 5.82 Å². The number of fused-ring (bicyclic) bond motifs is 1. The second-order valence-corrected chi connectivity index (χ2v) is 11.1. The average molecular weight is 546 g/mol. The third-order valence-corrected chi connectivity index (χ3v) is 8.71. The van der Waals surface area contributed by atoms with Crippen molar-refractivity contribution in [1.82, 2.24) is 14.7 Å². The number of rotatable bonds is 4. The largest absolute Gasteiger partial charge is 0.338 e. The molecule has 0 spiro atoms. The summed E-state index contributed by atoms with van der Waals surface area (Å²) >= 11 is 13.8. The van der Waals surface area contributed by atoms with Crippen molar-refractivity contribution < 1.29 is 14.0 Å². The molecule has 2 aromatic carbocycles. The van der Waals surface area contributed by atoms with Gasteiger partial charge in [-0.2, -0.15) is 0 Å². The lowest BCUT2D eigenvalue weighted by molar-refractivity contribution is -0.135. The minimum atomic E-state index is -0.280. The summed E-state index contributed by atoms with van der Waals surface area (Å²) in [6, 6.07) is 13.3. The van der Waals surface area contributed by atoms with Gasteiger partial charge in [-0.3, -0.25) is 14.5 Å². The van der Waals surface area contributed by atoms with Crippen LogP contribution < -0.4 is 0 Å². The van der Waals surface area contributed by atoms with Gasteiger partial charge in [0.1, 0.15) is 5.82 Å². The van der Waals surface area contributed by atoms with Crippen molar-refractivity contribution in [3.63, 3.8) is 0 Å². The normalized spacial score (nSPS) is 20.3. The van der Waals surface area contributed by atoms with Gasteiger partial charge in [-0.05, 0) is 66.2 Å². The zero-order valence-corrected chi connectivity index (χ0v) is 22.1. The predicted octanol–water partition coefficient (Wildman–Crippen LogP) is 5.51. The highest BCUT2D eigenvalue weighted by Crippen LogP contribution is 2.38. The van der Waals surface area contributed by atoms with Crippen LogP contribution in [-0.4, -0.2) is 65.3 Å². The van der Waals surface area contributed by atoms with Gasteiger partial charge in [0.15, 0.2) is 0 Å². The van der Waals surface area contributed by atoms with E-state index in [9.17, 15) is 14.0 Å². The van der Waals surface area contributed by atoms with Crippen molar-refractivity contribution >= 4 is 46.4 Å². The van der Waals surface area contributed by atoms with E-state index in [0.717, 1.165) is 24.1 Å². The molecule has 0 radical (unpaired) electrons. The second kappa shape index (κ2) is 10.5. The molecule has 3 aromatic rings. The number of thiophene rings is 1. The van der Waals surface area contributed by atoms with Crippen molar-refractivity contribution in [1.29, 1.82) is 0 Å². The topological polar surface area (TPSA) is 43.9 Å². The van der Waals surface area contributed by atoms with Gasteiger partial charge in [0, 0.05) is 42.7 Å². The van der Waals surface area contributed by atoms with Gasteiger partial charge in [-0.1, -0.05) is 35.3 Å².